The Morgan fingerprint density at radius 2 is 1.57 bits per heavy atom. The summed E-state index contributed by atoms with van der Waals surface area (Å²) in [6.45, 7) is 0. The van der Waals surface area contributed by atoms with Crippen molar-refractivity contribution >= 4 is 56.1 Å². The Kier molecular flexibility index (Phi) is 6.48. The normalized spacial score (nSPS) is 11.5. The van der Waals surface area contributed by atoms with Crippen LogP contribution in [0.25, 0.3) is 50.4 Å². The van der Waals surface area contributed by atoms with Gasteiger partial charge < -0.3 is 19.3 Å². The van der Waals surface area contributed by atoms with Gasteiger partial charge in [-0.05, 0) is 60.0 Å². The molecule has 12 nitrogen and oxygen atoms in total. The van der Waals surface area contributed by atoms with Gasteiger partial charge in [-0.15, -0.1) is 10.2 Å². The van der Waals surface area contributed by atoms with Crippen molar-refractivity contribution in [2.75, 3.05) is 5.32 Å². The molecule has 0 aliphatic rings. The molecule has 0 saturated carbocycles. The Labute approximate surface area is 264 Å². The lowest BCUT2D eigenvalue weighted by Crippen LogP contribution is -2.11. The fourth-order valence-electron chi connectivity index (χ4n) is 5.20. The van der Waals surface area contributed by atoms with E-state index in [1.165, 1.54) is 10.9 Å². The molecule has 8 rings (SSSR count). The van der Waals surface area contributed by atoms with Crippen LogP contribution < -0.4 is 5.32 Å². The van der Waals surface area contributed by atoms with Gasteiger partial charge in [0.05, 0.1) is 11.8 Å². The molecule has 0 radical (unpaired) electrons. The maximum absolute atomic E-state index is 13.2. The molecule has 2 N–H and O–H groups in total. The zero-order valence-electron chi connectivity index (χ0n) is 24.2. The number of benzene rings is 5. The van der Waals surface area contributed by atoms with E-state index in [0.717, 1.165) is 0 Å². The highest BCUT2D eigenvalue weighted by atomic mass is 16.4. The van der Waals surface area contributed by atoms with E-state index in [4.69, 9.17) is 8.83 Å². The number of carbonyl (C=O) groups is 1. The smallest absolute Gasteiger partial charge is 0.325 e. The van der Waals surface area contributed by atoms with Crippen molar-refractivity contribution in [3.05, 3.63) is 120 Å². The summed E-state index contributed by atoms with van der Waals surface area (Å²) in [5.74, 6) is -0.396. The number of nitrogens with zero attached hydrogens (tertiary/aromatic N) is 7. The second kappa shape index (κ2) is 11.1. The van der Waals surface area contributed by atoms with Gasteiger partial charge in [0, 0.05) is 16.6 Å². The fraction of sp³-hybridized carbons (Fsp3) is 0. The SMILES string of the molecule is N#Cc1cnn(-c2nc3ccccc3o2)c1/N=N/c1c(O)c(-c2nc3ccccc3o2)cc2cc(C(=O)Nc3ccccc3)ccc12. The minimum absolute atomic E-state index is 0.0396. The number of nitrogens with one attached hydrogen (secondary N) is 1. The van der Waals surface area contributed by atoms with Crippen molar-refractivity contribution < 1.29 is 18.7 Å². The van der Waals surface area contributed by atoms with Crippen molar-refractivity contribution in [2.24, 2.45) is 10.2 Å². The van der Waals surface area contributed by atoms with Gasteiger partial charge in [0.2, 0.25) is 11.7 Å². The van der Waals surface area contributed by atoms with Gasteiger partial charge in [0.25, 0.3) is 5.91 Å². The number of azo groups is 1. The Balaban J connectivity index is 1.28. The van der Waals surface area contributed by atoms with Crippen molar-refractivity contribution in [3.8, 4) is 29.3 Å². The summed E-state index contributed by atoms with van der Waals surface area (Å²) in [6.07, 6.45) is 1.33. The molecule has 0 fully saturated rings. The van der Waals surface area contributed by atoms with E-state index in [9.17, 15) is 15.2 Å². The highest BCUT2D eigenvalue weighted by Crippen LogP contribution is 2.44. The first kappa shape index (κ1) is 27.4. The molecule has 0 spiro atoms. The van der Waals surface area contributed by atoms with Crippen LogP contribution in [0.15, 0.2) is 128 Å². The first-order chi connectivity index (χ1) is 23.1. The van der Waals surface area contributed by atoms with Gasteiger partial charge in [-0.2, -0.15) is 20.0 Å². The highest BCUT2D eigenvalue weighted by molar-refractivity contribution is 6.09. The largest absolute Gasteiger partial charge is 0.505 e. The molecule has 0 bridgehead atoms. The van der Waals surface area contributed by atoms with E-state index < -0.39 is 0 Å². The molecule has 12 heteroatoms. The van der Waals surface area contributed by atoms with Crippen LogP contribution in [0.2, 0.25) is 0 Å². The number of aromatic hydroxyl groups is 1. The van der Waals surface area contributed by atoms with E-state index in [1.807, 2.05) is 42.5 Å². The summed E-state index contributed by atoms with van der Waals surface area (Å²) < 4.78 is 13.1. The van der Waals surface area contributed by atoms with Gasteiger partial charge in [-0.3, -0.25) is 4.79 Å². The molecular formula is C35H20N8O4. The second-order valence-electron chi connectivity index (χ2n) is 10.4. The Morgan fingerprint density at radius 1 is 0.851 bits per heavy atom. The van der Waals surface area contributed by atoms with Crippen LogP contribution in [-0.2, 0) is 0 Å². The number of phenolic OH excluding ortho intramolecular Hbond substituents is 1. The van der Waals surface area contributed by atoms with Gasteiger partial charge in [-0.25, -0.2) is 4.98 Å². The minimum Gasteiger partial charge on any atom is -0.505 e. The molecule has 0 atom stereocenters. The van der Waals surface area contributed by atoms with Crippen molar-refractivity contribution in [1.82, 2.24) is 19.7 Å². The molecule has 224 valence electrons. The number of hydrogen-bond acceptors (Lipinski definition) is 10. The summed E-state index contributed by atoms with van der Waals surface area (Å²) >= 11 is 0. The standard InChI is InChI=1S/C35H20N8O4/c36-18-22-19-37-43(35-40-27-11-5-7-13-29(27)47-35)32(22)42-41-30-24-15-14-20(33(45)38-23-8-2-1-3-9-23)16-21(24)17-25(31(30)44)34-39-26-10-4-6-12-28(26)46-34/h1-17,19,44H,(H,38,45)/b42-41+. The van der Waals surface area contributed by atoms with Crippen LogP contribution in [0.1, 0.15) is 15.9 Å². The van der Waals surface area contributed by atoms with E-state index in [2.05, 4.69) is 36.7 Å². The number of anilines is 1. The van der Waals surface area contributed by atoms with Gasteiger partial charge in [0.15, 0.2) is 16.9 Å². The number of fused-ring (bicyclic) bond motifs is 3. The van der Waals surface area contributed by atoms with Crippen LogP contribution in [0.3, 0.4) is 0 Å². The monoisotopic (exact) mass is 616 g/mol. The number of carbonyl (C=O) groups excluding carboxylic acids is 1. The first-order valence-corrected chi connectivity index (χ1v) is 14.3. The lowest BCUT2D eigenvalue weighted by atomic mass is 10.0. The van der Waals surface area contributed by atoms with Crippen LogP contribution >= 0.6 is 0 Å². The van der Waals surface area contributed by atoms with Crippen LogP contribution in [0, 0.1) is 11.3 Å². The maximum Gasteiger partial charge on any atom is 0.325 e. The summed E-state index contributed by atoms with van der Waals surface area (Å²) in [7, 11) is 0. The number of hydrogen-bond donors (Lipinski definition) is 2. The third-order valence-corrected chi connectivity index (χ3v) is 7.48. The van der Waals surface area contributed by atoms with Crippen LogP contribution in [-0.4, -0.2) is 30.8 Å². The predicted molar refractivity (Wildman–Crippen MR) is 173 cm³/mol. The number of rotatable bonds is 6. The average Bonchev–Trinajstić information content (AvgIpc) is 3.84. The topological polar surface area (TPSA) is 168 Å². The molecule has 1 amide bonds. The lowest BCUT2D eigenvalue weighted by molar-refractivity contribution is 0.102. The third-order valence-electron chi connectivity index (χ3n) is 7.48. The summed E-state index contributed by atoms with van der Waals surface area (Å²) in [5, 5.41) is 38.4. The lowest BCUT2D eigenvalue weighted by Gasteiger charge is -2.11. The van der Waals surface area contributed by atoms with Gasteiger partial charge >= 0.3 is 6.01 Å². The number of amides is 1. The van der Waals surface area contributed by atoms with E-state index in [0.29, 0.717) is 44.2 Å². The van der Waals surface area contributed by atoms with Crippen molar-refractivity contribution in [2.45, 2.75) is 0 Å². The Morgan fingerprint density at radius 3 is 2.32 bits per heavy atom. The van der Waals surface area contributed by atoms with Gasteiger partial charge in [-0.1, -0.05) is 48.5 Å². The Hall–Kier alpha value is -7.13. The summed E-state index contributed by atoms with van der Waals surface area (Å²) in [6, 6.07) is 32.3. The van der Waals surface area contributed by atoms with E-state index in [-0.39, 0.29) is 46.2 Å². The number of aromatic nitrogens is 4. The number of nitriles is 1. The average molecular weight is 617 g/mol. The number of phenols is 1. The molecule has 8 aromatic rings. The molecule has 0 aliphatic carbocycles. The minimum atomic E-state index is -0.321. The molecular weight excluding hydrogens is 596 g/mol. The molecule has 0 saturated heterocycles. The second-order valence-corrected chi connectivity index (χ2v) is 10.4. The van der Waals surface area contributed by atoms with Gasteiger partial charge in [0.1, 0.15) is 28.4 Å². The van der Waals surface area contributed by atoms with Crippen molar-refractivity contribution in [1.29, 1.82) is 5.26 Å². The predicted octanol–water partition coefficient (Wildman–Crippen LogP) is 8.22. The zero-order valence-corrected chi connectivity index (χ0v) is 24.2. The molecule has 3 heterocycles. The fourth-order valence-corrected chi connectivity index (χ4v) is 5.20. The molecule has 5 aromatic carbocycles. The van der Waals surface area contributed by atoms with E-state index in [1.54, 1.807) is 60.7 Å². The highest BCUT2D eigenvalue weighted by Gasteiger charge is 2.22. The summed E-state index contributed by atoms with van der Waals surface area (Å²) in [4.78, 5) is 22.2. The third kappa shape index (κ3) is 4.90. The number of para-hydroxylation sites is 5. The molecule has 0 aliphatic heterocycles. The zero-order chi connectivity index (χ0) is 31.9. The Bertz CT molecular complexity index is 2490. The molecule has 0 unspecified atom stereocenters. The number of oxazole rings is 2. The first-order valence-electron chi connectivity index (χ1n) is 14.3. The molecule has 47 heavy (non-hydrogen) atoms. The van der Waals surface area contributed by atoms with Crippen LogP contribution in [0.5, 0.6) is 5.75 Å². The summed E-state index contributed by atoms with van der Waals surface area (Å²) in [5.41, 5.74) is 3.68. The quantitative estimate of drug-likeness (QED) is 0.176. The van der Waals surface area contributed by atoms with Crippen LogP contribution in [0.4, 0.5) is 17.2 Å². The maximum atomic E-state index is 13.2. The van der Waals surface area contributed by atoms with Crippen molar-refractivity contribution in [3.63, 3.8) is 0 Å². The molecule has 3 aromatic heterocycles. The van der Waals surface area contributed by atoms with E-state index >= 15 is 0 Å².